The number of phenolic OH excluding ortho intramolecular Hbond substituents is 2. The van der Waals surface area contributed by atoms with Gasteiger partial charge in [-0.1, -0.05) is 42.5 Å². The van der Waals surface area contributed by atoms with Crippen LogP contribution in [-0.2, 0) is 20.2 Å². The molecule has 0 aromatic heterocycles. The molecular weight excluding hydrogens is 862 g/mol. The summed E-state index contributed by atoms with van der Waals surface area (Å²) < 4.78 is 72.0. The third-order valence-electron chi connectivity index (χ3n) is 8.64. The number of rotatable bonds is 10. The maximum Gasteiger partial charge on any atom is 1.00 e. The number of aromatic carboxylic acids is 1. The van der Waals surface area contributed by atoms with Crippen LogP contribution in [-0.4, -0.2) is 47.2 Å². The fourth-order valence-electron chi connectivity index (χ4n) is 5.83. The van der Waals surface area contributed by atoms with Crippen molar-refractivity contribution in [3.63, 3.8) is 0 Å². The van der Waals surface area contributed by atoms with E-state index < -0.39 is 64.5 Å². The van der Waals surface area contributed by atoms with Crippen molar-refractivity contribution in [2.45, 2.75) is 9.79 Å². The predicted molar refractivity (Wildman–Crippen MR) is 204 cm³/mol. The second-order valence-corrected chi connectivity index (χ2v) is 15.1. The van der Waals surface area contributed by atoms with E-state index in [9.17, 15) is 51.2 Å². The Labute approximate surface area is 413 Å². The van der Waals surface area contributed by atoms with Gasteiger partial charge in [0.25, 0.3) is 0 Å². The zero-order valence-electron chi connectivity index (χ0n) is 32.2. The van der Waals surface area contributed by atoms with E-state index in [1.807, 2.05) is 0 Å². The summed E-state index contributed by atoms with van der Waals surface area (Å²) in [5.41, 5.74) is 2.06. The first-order chi connectivity index (χ1) is 27.6. The minimum absolute atomic E-state index is 0. The van der Waals surface area contributed by atoms with Crippen LogP contribution in [0.5, 0.6) is 17.2 Å². The summed E-state index contributed by atoms with van der Waals surface area (Å²) in [7, 11) is -10.1. The molecule has 7 aromatic rings. The molecular formula is C39H23N6Na3O11S2. The summed E-state index contributed by atoms with van der Waals surface area (Å²) in [6, 6.07) is 28.5. The first kappa shape index (κ1) is 49.2. The number of hydrogen-bond acceptors (Lipinski definition) is 17. The molecule has 17 nitrogen and oxygen atoms in total. The molecule has 61 heavy (non-hydrogen) atoms. The molecule has 0 spiro atoms. The number of phenols is 3. The Hall–Kier alpha value is -4.45. The van der Waals surface area contributed by atoms with E-state index in [0.717, 1.165) is 35.4 Å². The first-order valence-corrected chi connectivity index (χ1v) is 19.3. The van der Waals surface area contributed by atoms with Crippen molar-refractivity contribution in [3.05, 3.63) is 127 Å². The normalized spacial score (nSPS) is 11.8. The molecule has 0 aliphatic carbocycles. The Balaban J connectivity index is 0.00000273. The van der Waals surface area contributed by atoms with Crippen LogP contribution in [0.3, 0.4) is 0 Å². The number of azo groups is 3. The first-order valence-electron chi connectivity index (χ1n) is 16.5. The molecule has 0 fully saturated rings. The van der Waals surface area contributed by atoms with Gasteiger partial charge < -0.3 is 34.3 Å². The summed E-state index contributed by atoms with van der Waals surface area (Å²) >= 11 is 0. The predicted octanol–water partition coefficient (Wildman–Crippen LogP) is -0.793. The van der Waals surface area contributed by atoms with Gasteiger partial charge >= 0.3 is 88.7 Å². The quantitative estimate of drug-likeness (QED) is 0.0869. The number of hydrogen-bond donors (Lipinski definition) is 3. The van der Waals surface area contributed by atoms with Gasteiger partial charge in [-0.2, -0.15) is 15.3 Å². The second kappa shape index (κ2) is 20.2. The number of fused-ring (bicyclic) bond motifs is 2. The van der Waals surface area contributed by atoms with E-state index in [1.165, 1.54) is 48.5 Å². The number of carbonyl (C=O) groups is 1. The maximum absolute atomic E-state index is 12.1. The van der Waals surface area contributed by atoms with Crippen LogP contribution in [0.25, 0.3) is 32.7 Å². The molecule has 7 aromatic carbocycles. The van der Waals surface area contributed by atoms with E-state index in [1.54, 1.807) is 48.5 Å². The monoisotopic (exact) mass is 884 g/mol. The van der Waals surface area contributed by atoms with Crippen LogP contribution >= 0.6 is 0 Å². The Kier molecular flexibility index (Phi) is 16.3. The average molecular weight is 885 g/mol. The van der Waals surface area contributed by atoms with Crippen molar-refractivity contribution in [2.24, 2.45) is 30.7 Å². The van der Waals surface area contributed by atoms with Gasteiger partial charge in [-0.25, -0.2) is 16.8 Å². The van der Waals surface area contributed by atoms with Crippen molar-refractivity contribution in [3.8, 4) is 28.4 Å². The fraction of sp³-hybridized carbons (Fsp3) is 0. The van der Waals surface area contributed by atoms with E-state index in [-0.39, 0.29) is 127 Å². The van der Waals surface area contributed by atoms with Crippen LogP contribution in [0, 0.1) is 0 Å². The number of carbonyl (C=O) groups excluding carboxylic acids is 1. The maximum atomic E-state index is 12.1. The molecule has 0 unspecified atom stereocenters. The zero-order chi connectivity index (χ0) is 41.4. The van der Waals surface area contributed by atoms with E-state index in [4.69, 9.17) is 0 Å². The average Bonchev–Trinajstić information content (AvgIpc) is 3.19. The molecule has 0 atom stereocenters. The molecule has 3 N–H and O–H groups in total. The van der Waals surface area contributed by atoms with Crippen molar-refractivity contribution < 1.29 is 140 Å². The van der Waals surface area contributed by atoms with Gasteiger partial charge in [0.1, 0.15) is 37.4 Å². The largest absolute Gasteiger partial charge is 1.00 e. The van der Waals surface area contributed by atoms with Gasteiger partial charge in [-0.15, -0.1) is 15.3 Å². The fourth-order valence-corrected chi connectivity index (χ4v) is 7.02. The molecule has 0 saturated heterocycles. The van der Waals surface area contributed by atoms with Crippen LogP contribution < -0.4 is 93.8 Å². The van der Waals surface area contributed by atoms with Gasteiger partial charge in [-0.05, 0) is 90.0 Å². The number of nitrogens with zero attached hydrogens (tertiary/aromatic N) is 6. The molecule has 290 valence electrons. The number of carboxylic acid groups (broad SMARTS) is 1. The number of aromatic hydroxyl groups is 3. The molecule has 0 aliphatic heterocycles. The van der Waals surface area contributed by atoms with Crippen LogP contribution in [0.4, 0.5) is 34.1 Å². The number of carboxylic acids is 1. The minimum Gasteiger partial charge on any atom is -0.744 e. The van der Waals surface area contributed by atoms with Crippen molar-refractivity contribution in [1.82, 2.24) is 0 Å². The number of benzene rings is 7. The van der Waals surface area contributed by atoms with Gasteiger partial charge in [0.2, 0.25) is 0 Å². The van der Waals surface area contributed by atoms with Crippen molar-refractivity contribution in [2.75, 3.05) is 0 Å². The standard InChI is InChI=1S/C39H26N6O11S2.3Na/c46-34-17-12-25(18-30(34)39(49)50)42-40-23-8-4-21(5-9-23)22-6-10-24(11-7-22)41-43-31-15-16-32(29-19-26(57(51,52)53)13-14-27(29)31)44-45-33-20-36(58(54,55)56)28-2-1-3-35(47)37(28)38(33)48;;;/h1-20,46-48H,(H,49,50)(H,51,52,53)(H,54,55,56);;;/q;3*+1/p-3. The van der Waals surface area contributed by atoms with Crippen molar-refractivity contribution >= 4 is 81.9 Å². The molecule has 0 amide bonds. The molecule has 0 bridgehead atoms. The van der Waals surface area contributed by atoms with Crippen molar-refractivity contribution in [1.29, 1.82) is 0 Å². The topological polar surface area (TPSA) is 289 Å². The molecule has 22 heteroatoms. The minimum atomic E-state index is -5.12. The molecule has 0 radical (unpaired) electrons. The van der Waals surface area contributed by atoms with Gasteiger partial charge in [0, 0.05) is 21.7 Å². The molecule has 0 aliphatic rings. The molecule has 0 heterocycles. The SMILES string of the molecule is O=C([O-])c1cc(N=Nc2ccc(-c3ccc(N=Nc4ccc(N=Nc5cc(S(=O)(=O)[O-])c6cccc(O)c6c5O)c5cc(S(=O)(=O)[O-])ccc45)cc3)cc2)ccc1O.[Na+].[Na+].[Na+]. The second-order valence-electron chi connectivity index (χ2n) is 12.3. The summed E-state index contributed by atoms with van der Waals surface area (Å²) in [6.07, 6.45) is 0. The van der Waals surface area contributed by atoms with E-state index in [2.05, 4.69) is 30.7 Å². The third-order valence-corrected chi connectivity index (χ3v) is 10.4. The molecule has 7 rings (SSSR count). The third kappa shape index (κ3) is 11.1. The summed E-state index contributed by atoms with van der Waals surface area (Å²) in [4.78, 5) is 9.78. The smallest absolute Gasteiger partial charge is 0.744 e. The van der Waals surface area contributed by atoms with Gasteiger partial charge in [-0.3, -0.25) is 0 Å². The van der Waals surface area contributed by atoms with Gasteiger partial charge in [0.15, 0.2) is 5.75 Å². The van der Waals surface area contributed by atoms with E-state index >= 15 is 0 Å². The molecule has 0 saturated carbocycles. The Bertz CT molecular complexity index is 3140. The zero-order valence-corrected chi connectivity index (χ0v) is 39.8. The van der Waals surface area contributed by atoms with Crippen LogP contribution in [0.1, 0.15) is 10.4 Å². The Morgan fingerprint density at radius 2 is 1.02 bits per heavy atom. The summed E-state index contributed by atoms with van der Waals surface area (Å²) in [6.45, 7) is 0. The Morgan fingerprint density at radius 3 is 1.59 bits per heavy atom. The summed E-state index contributed by atoms with van der Waals surface area (Å²) in [5.74, 6) is -3.20. The van der Waals surface area contributed by atoms with Gasteiger partial charge in [0.05, 0.1) is 49.6 Å². The van der Waals surface area contributed by atoms with Crippen LogP contribution in [0.2, 0.25) is 0 Å². The van der Waals surface area contributed by atoms with E-state index in [0.29, 0.717) is 11.4 Å². The Morgan fingerprint density at radius 1 is 0.492 bits per heavy atom. The summed E-state index contributed by atoms with van der Waals surface area (Å²) in [5, 5.41) is 66.5. The van der Waals surface area contributed by atoms with Crippen LogP contribution in [0.15, 0.2) is 162 Å².